The summed E-state index contributed by atoms with van der Waals surface area (Å²) in [6.07, 6.45) is -4.36. The van der Waals surface area contributed by atoms with Gasteiger partial charge in [-0.15, -0.1) is 11.8 Å². The maximum atomic E-state index is 12.1. The molecule has 106 valence electrons. The molecule has 19 heavy (non-hydrogen) atoms. The summed E-state index contributed by atoms with van der Waals surface area (Å²) in [5, 5.41) is 0.596. The van der Waals surface area contributed by atoms with E-state index < -0.39 is 18.6 Å². The minimum Gasteiger partial charge on any atom is -0.336 e. The zero-order valence-corrected chi connectivity index (χ0v) is 11.8. The third-order valence-electron chi connectivity index (χ3n) is 2.23. The monoisotopic (exact) mass is 311 g/mol. The smallest absolute Gasteiger partial charge is 0.336 e. The molecule has 0 heterocycles. The number of rotatable bonds is 5. The summed E-state index contributed by atoms with van der Waals surface area (Å²) in [5.74, 6) is 0.00924. The van der Waals surface area contributed by atoms with Crippen LogP contribution in [-0.2, 0) is 10.5 Å². The van der Waals surface area contributed by atoms with Gasteiger partial charge in [0.05, 0.1) is 5.75 Å². The molecular formula is C12H13ClF3NOS. The van der Waals surface area contributed by atoms with Gasteiger partial charge in [0.25, 0.3) is 0 Å². The van der Waals surface area contributed by atoms with Gasteiger partial charge in [0.2, 0.25) is 5.91 Å². The Labute approximate surface area is 118 Å². The van der Waals surface area contributed by atoms with Crippen LogP contribution >= 0.6 is 23.4 Å². The molecule has 2 nitrogen and oxygen atoms in total. The molecule has 0 atom stereocenters. The average Bonchev–Trinajstić information content (AvgIpc) is 2.26. The molecule has 0 aliphatic heterocycles. The van der Waals surface area contributed by atoms with Crippen molar-refractivity contribution in [2.24, 2.45) is 0 Å². The van der Waals surface area contributed by atoms with Gasteiger partial charge < -0.3 is 4.90 Å². The fourth-order valence-electron chi connectivity index (χ4n) is 1.35. The predicted octanol–water partition coefficient (Wildman–Crippen LogP) is 3.59. The topological polar surface area (TPSA) is 20.3 Å². The van der Waals surface area contributed by atoms with Gasteiger partial charge in [-0.05, 0) is 17.7 Å². The Morgan fingerprint density at radius 2 is 2.11 bits per heavy atom. The van der Waals surface area contributed by atoms with Crippen LogP contribution in [0, 0.1) is 0 Å². The van der Waals surface area contributed by atoms with Crippen LogP contribution in [0.5, 0.6) is 0 Å². The van der Waals surface area contributed by atoms with Crippen molar-refractivity contribution in [3.05, 3.63) is 34.9 Å². The van der Waals surface area contributed by atoms with Crippen molar-refractivity contribution in [1.82, 2.24) is 4.90 Å². The maximum absolute atomic E-state index is 12.1. The minimum absolute atomic E-state index is 0.0130. The number of hydrogen-bond donors (Lipinski definition) is 0. The zero-order valence-electron chi connectivity index (χ0n) is 10.2. The van der Waals surface area contributed by atoms with Gasteiger partial charge in [-0.3, -0.25) is 4.79 Å². The number of halogens is 4. The van der Waals surface area contributed by atoms with Gasteiger partial charge in [-0.1, -0.05) is 23.7 Å². The van der Waals surface area contributed by atoms with Gasteiger partial charge in [-0.25, -0.2) is 0 Å². The average molecular weight is 312 g/mol. The van der Waals surface area contributed by atoms with E-state index in [9.17, 15) is 18.0 Å². The summed E-state index contributed by atoms with van der Waals surface area (Å²) in [4.78, 5) is 12.1. The molecule has 0 N–H and O–H groups in total. The van der Waals surface area contributed by atoms with E-state index in [-0.39, 0.29) is 5.75 Å². The van der Waals surface area contributed by atoms with Gasteiger partial charge in [-0.2, -0.15) is 13.2 Å². The second-order valence-corrected chi connectivity index (χ2v) is 5.41. The van der Waals surface area contributed by atoms with Crippen LogP contribution in [0.1, 0.15) is 5.56 Å². The lowest BCUT2D eigenvalue weighted by molar-refractivity contribution is -0.156. The van der Waals surface area contributed by atoms with E-state index in [0.29, 0.717) is 15.7 Å². The number of hydrogen-bond acceptors (Lipinski definition) is 2. The van der Waals surface area contributed by atoms with Crippen LogP contribution in [0.15, 0.2) is 24.3 Å². The van der Waals surface area contributed by atoms with Crippen LogP contribution in [0.2, 0.25) is 5.02 Å². The van der Waals surface area contributed by atoms with Gasteiger partial charge in [0.1, 0.15) is 6.54 Å². The first-order valence-electron chi connectivity index (χ1n) is 5.41. The van der Waals surface area contributed by atoms with Crippen molar-refractivity contribution in [2.45, 2.75) is 11.9 Å². The van der Waals surface area contributed by atoms with Crippen molar-refractivity contribution in [3.63, 3.8) is 0 Å². The highest BCUT2D eigenvalue weighted by atomic mass is 35.5. The zero-order chi connectivity index (χ0) is 14.5. The Balaban J connectivity index is 2.35. The molecule has 0 bridgehead atoms. The number of carbonyl (C=O) groups is 1. The molecule has 1 aromatic rings. The number of thioether (sulfide) groups is 1. The first kappa shape index (κ1) is 16.2. The lowest BCUT2D eigenvalue weighted by Crippen LogP contribution is -2.36. The Morgan fingerprint density at radius 3 is 2.68 bits per heavy atom. The summed E-state index contributed by atoms with van der Waals surface area (Å²) in [6.45, 7) is -1.22. The molecule has 0 aliphatic rings. The summed E-state index contributed by atoms with van der Waals surface area (Å²) < 4.78 is 36.2. The lowest BCUT2D eigenvalue weighted by atomic mass is 10.2. The highest BCUT2D eigenvalue weighted by molar-refractivity contribution is 7.99. The fraction of sp³-hybridized carbons (Fsp3) is 0.417. The SMILES string of the molecule is CN(CC(F)(F)F)C(=O)CSCc1cccc(Cl)c1. The molecular weight excluding hydrogens is 299 g/mol. The van der Waals surface area contributed by atoms with E-state index in [1.54, 1.807) is 18.2 Å². The predicted molar refractivity (Wildman–Crippen MR) is 71.3 cm³/mol. The molecule has 0 aliphatic carbocycles. The van der Waals surface area contributed by atoms with E-state index in [0.717, 1.165) is 12.6 Å². The summed E-state index contributed by atoms with van der Waals surface area (Å²) in [7, 11) is 1.15. The minimum atomic E-state index is -4.36. The fourth-order valence-corrected chi connectivity index (χ4v) is 2.48. The highest BCUT2D eigenvalue weighted by Crippen LogP contribution is 2.18. The third-order valence-corrected chi connectivity index (χ3v) is 3.45. The van der Waals surface area contributed by atoms with Crippen LogP contribution in [0.3, 0.4) is 0 Å². The highest BCUT2D eigenvalue weighted by Gasteiger charge is 2.30. The molecule has 1 amide bonds. The second-order valence-electron chi connectivity index (χ2n) is 3.99. The van der Waals surface area contributed by atoms with Gasteiger partial charge in [0, 0.05) is 17.8 Å². The molecule has 0 fully saturated rings. The number of benzene rings is 1. The van der Waals surface area contributed by atoms with E-state index in [2.05, 4.69) is 0 Å². The normalized spacial score (nSPS) is 11.4. The van der Waals surface area contributed by atoms with Crippen LogP contribution in [0.25, 0.3) is 0 Å². The molecule has 0 saturated heterocycles. The lowest BCUT2D eigenvalue weighted by Gasteiger charge is -2.18. The third kappa shape index (κ3) is 6.73. The molecule has 0 radical (unpaired) electrons. The van der Waals surface area contributed by atoms with Crippen molar-refractivity contribution in [1.29, 1.82) is 0 Å². The molecule has 0 spiro atoms. The summed E-state index contributed by atoms with van der Waals surface area (Å²) >= 11 is 7.06. The summed E-state index contributed by atoms with van der Waals surface area (Å²) in [6, 6.07) is 7.13. The number of alkyl halides is 3. The van der Waals surface area contributed by atoms with Crippen molar-refractivity contribution in [2.75, 3.05) is 19.3 Å². The molecule has 1 rings (SSSR count). The van der Waals surface area contributed by atoms with Crippen LogP contribution < -0.4 is 0 Å². The van der Waals surface area contributed by atoms with E-state index in [4.69, 9.17) is 11.6 Å². The largest absolute Gasteiger partial charge is 0.406 e. The Hall–Kier alpha value is -0.880. The standard InChI is InChI=1S/C12H13ClF3NOS/c1-17(8-12(14,15)16)11(18)7-19-6-9-3-2-4-10(13)5-9/h2-5H,6-8H2,1H3. The Kier molecular flexibility index (Phi) is 6.00. The van der Waals surface area contributed by atoms with Crippen molar-refractivity contribution in [3.8, 4) is 0 Å². The molecule has 0 unspecified atom stereocenters. The second kappa shape index (κ2) is 7.05. The number of nitrogens with zero attached hydrogens (tertiary/aromatic N) is 1. The van der Waals surface area contributed by atoms with Gasteiger partial charge in [0.15, 0.2) is 0 Å². The van der Waals surface area contributed by atoms with E-state index in [1.165, 1.54) is 11.8 Å². The number of carbonyl (C=O) groups excluding carboxylic acids is 1. The molecule has 0 aromatic heterocycles. The molecule has 0 saturated carbocycles. The number of amides is 1. The first-order valence-corrected chi connectivity index (χ1v) is 6.94. The molecule has 7 heteroatoms. The van der Waals surface area contributed by atoms with Crippen LogP contribution in [0.4, 0.5) is 13.2 Å². The van der Waals surface area contributed by atoms with Gasteiger partial charge >= 0.3 is 6.18 Å². The quantitative estimate of drug-likeness (QED) is 0.828. The molecule has 1 aromatic carbocycles. The Bertz CT molecular complexity index is 439. The van der Waals surface area contributed by atoms with E-state index >= 15 is 0 Å². The Morgan fingerprint density at radius 1 is 1.42 bits per heavy atom. The van der Waals surface area contributed by atoms with E-state index in [1.807, 2.05) is 6.07 Å². The maximum Gasteiger partial charge on any atom is 0.406 e. The van der Waals surface area contributed by atoms with Crippen molar-refractivity contribution >= 4 is 29.3 Å². The first-order chi connectivity index (χ1) is 8.78. The van der Waals surface area contributed by atoms with Crippen LogP contribution in [-0.4, -0.2) is 36.3 Å². The van der Waals surface area contributed by atoms with Crippen molar-refractivity contribution < 1.29 is 18.0 Å². The summed E-state index contributed by atoms with van der Waals surface area (Å²) in [5.41, 5.74) is 0.934.